The number of benzene rings is 2. The first-order valence-electron chi connectivity index (χ1n) is 5.91. The van der Waals surface area contributed by atoms with E-state index in [0.29, 0.717) is 0 Å². The van der Waals surface area contributed by atoms with Gasteiger partial charge in [-0.1, -0.05) is 24.3 Å². The number of nitrogens with one attached hydrogen (secondary N) is 1. The van der Waals surface area contributed by atoms with Gasteiger partial charge in [0.25, 0.3) is 0 Å². The zero-order chi connectivity index (χ0) is 11.7. The summed E-state index contributed by atoms with van der Waals surface area (Å²) < 4.78 is 13.1. The van der Waals surface area contributed by atoms with E-state index >= 15 is 0 Å². The molecular weight excluding hydrogens is 213 g/mol. The van der Waals surface area contributed by atoms with Crippen LogP contribution in [0, 0.1) is 5.82 Å². The third-order valence-electron chi connectivity index (χ3n) is 3.18. The summed E-state index contributed by atoms with van der Waals surface area (Å²) in [6, 6.07) is 13.3. The Kier molecular flexibility index (Phi) is 2.56. The standard InChI is InChI=1S/C15H14FN/c16-14-3-1-2-11(9-14)8-12-4-5-13-6-7-17-15(13)10-12/h1-5,9-10,17H,6-8H2. The van der Waals surface area contributed by atoms with Crippen molar-refractivity contribution in [3.63, 3.8) is 0 Å². The van der Waals surface area contributed by atoms with Gasteiger partial charge in [-0.2, -0.15) is 0 Å². The first kappa shape index (κ1) is 10.3. The number of fused-ring (bicyclic) bond motifs is 1. The minimum atomic E-state index is -0.165. The molecule has 3 rings (SSSR count). The maximum absolute atomic E-state index is 13.1. The molecule has 0 atom stereocenters. The van der Waals surface area contributed by atoms with Gasteiger partial charge in [0.2, 0.25) is 0 Å². The van der Waals surface area contributed by atoms with Gasteiger partial charge >= 0.3 is 0 Å². The normalized spacial score (nSPS) is 13.2. The molecule has 17 heavy (non-hydrogen) atoms. The highest BCUT2D eigenvalue weighted by atomic mass is 19.1. The van der Waals surface area contributed by atoms with Crippen molar-refractivity contribution in [1.29, 1.82) is 0 Å². The van der Waals surface area contributed by atoms with Crippen molar-refractivity contribution in [3.05, 3.63) is 65.0 Å². The molecule has 1 N–H and O–H groups in total. The average Bonchev–Trinajstić information content (AvgIpc) is 2.76. The number of rotatable bonds is 2. The van der Waals surface area contributed by atoms with E-state index in [4.69, 9.17) is 0 Å². The maximum Gasteiger partial charge on any atom is 0.123 e. The Bertz CT molecular complexity index is 548. The van der Waals surface area contributed by atoms with Crippen molar-refractivity contribution in [2.75, 3.05) is 11.9 Å². The Hall–Kier alpha value is -1.83. The first-order valence-corrected chi connectivity index (χ1v) is 5.91. The van der Waals surface area contributed by atoms with Crippen LogP contribution in [0.4, 0.5) is 10.1 Å². The van der Waals surface area contributed by atoms with Crippen LogP contribution in [0.3, 0.4) is 0 Å². The Morgan fingerprint density at radius 3 is 2.82 bits per heavy atom. The summed E-state index contributed by atoms with van der Waals surface area (Å²) in [5.74, 6) is -0.165. The summed E-state index contributed by atoms with van der Waals surface area (Å²) in [6.45, 7) is 1.03. The van der Waals surface area contributed by atoms with Crippen molar-refractivity contribution in [2.24, 2.45) is 0 Å². The minimum absolute atomic E-state index is 0.165. The Balaban J connectivity index is 1.86. The van der Waals surface area contributed by atoms with Crippen LogP contribution < -0.4 is 5.32 Å². The third kappa shape index (κ3) is 2.16. The molecule has 0 amide bonds. The van der Waals surface area contributed by atoms with Gasteiger partial charge in [-0.25, -0.2) is 4.39 Å². The van der Waals surface area contributed by atoms with E-state index in [2.05, 4.69) is 23.5 Å². The van der Waals surface area contributed by atoms with Crippen LogP contribution in [-0.2, 0) is 12.8 Å². The van der Waals surface area contributed by atoms with E-state index in [1.807, 2.05) is 6.07 Å². The van der Waals surface area contributed by atoms with Crippen LogP contribution >= 0.6 is 0 Å². The highest BCUT2D eigenvalue weighted by molar-refractivity contribution is 5.57. The smallest absolute Gasteiger partial charge is 0.123 e. The summed E-state index contributed by atoms with van der Waals surface area (Å²) >= 11 is 0. The fourth-order valence-corrected chi connectivity index (χ4v) is 2.33. The Morgan fingerprint density at radius 1 is 1.06 bits per heavy atom. The van der Waals surface area contributed by atoms with E-state index in [9.17, 15) is 4.39 Å². The van der Waals surface area contributed by atoms with Crippen LogP contribution in [0.25, 0.3) is 0 Å². The average molecular weight is 227 g/mol. The fraction of sp³-hybridized carbons (Fsp3) is 0.200. The molecule has 0 aromatic heterocycles. The molecule has 0 spiro atoms. The molecule has 0 bridgehead atoms. The molecule has 0 radical (unpaired) electrons. The molecule has 2 aromatic rings. The molecule has 2 heteroatoms. The van der Waals surface area contributed by atoms with Crippen LogP contribution in [0.5, 0.6) is 0 Å². The van der Waals surface area contributed by atoms with Gasteiger partial charge in [-0.15, -0.1) is 0 Å². The van der Waals surface area contributed by atoms with Crippen LogP contribution in [0.2, 0.25) is 0 Å². The number of hydrogen-bond donors (Lipinski definition) is 1. The topological polar surface area (TPSA) is 12.0 Å². The van der Waals surface area contributed by atoms with E-state index in [0.717, 1.165) is 24.9 Å². The zero-order valence-electron chi connectivity index (χ0n) is 9.54. The van der Waals surface area contributed by atoms with E-state index in [-0.39, 0.29) is 5.82 Å². The lowest BCUT2D eigenvalue weighted by atomic mass is 10.0. The predicted octanol–water partition coefficient (Wildman–Crippen LogP) is 3.38. The van der Waals surface area contributed by atoms with Gasteiger partial charge in [0, 0.05) is 12.2 Å². The second kappa shape index (κ2) is 4.21. The van der Waals surface area contributed by atoms with Gasteiger partial charge in [0.05, 0.1) is 0 Å². The van der Waals surface area contributed by atoms with Crippen molar-refractivity contribution >= 4 is 5.69 Å². The second-order valence-electron chi connectivity index (χ2n) is 4.47. The van der Waals surface area contributed by atoms with Gasteiger partial charge in [-0.3, -0.25) is 0 Å². The Labute approximate surface area is 100 Å². The molecule has 1 nitrogen and oxygen atoms in total. The van der Waals surface area contributed by atoms with E-state index in [1.165, 1.54) is 22.9 Å². The predicted molar refractivity (Wildman–Crippen MR) is 67.8 cm³/mol. The number of anilines is 1. The fourth-order valence-electron chi connectivity index (χ4n) is 2.33. The van der Waals surface area contributed by atoms with Crippen molar-refractivity contribution in [1.82, 2.24) is 0 Å². The molecular formula is C15H14FN. The highest BCUT2D eigenvalue weighted by Crippen LogP contribution is 2.24. The molecule has 1 heterocycles. The SMILES string of the molecule is Fc1cccc(Cc2ccc3c(c2)NCC3)c1. The Morgan fingerprint density at radius 2 is 1.94 bits per heavy atom. The molecule has 0 unspecified atom stereocenters. The lowest BCUT2D eigenvalue weighted by molar-refractivity contribution is 0.626. The quantitative estimate of drug-likeness (QED) is 0.829. The second-order valence-corrected chi connectivity index (χ2v) is 4.47. The van der Waals surface area contributed by atoms with Crippen molar-refractivity contribution in [3.8, 4) is 0 Å². The third-order valence-corrected chi connectivity index (χ3v) is 3.18. The van der Waals surface area contributed by atoms with Crippen LogP contribution in [0.15, 0.2) is 42.5 Å². The molecule has 1 aliphatic rings. The molecule has 0 fully saturated rings. The van der Waals surface area contributed by atoms with Gasteiger partial charge in [-0.05, 0) is 47.7 Å². The summed E-state index contributed by atoms with van der Waals surface area (Å²) in [4.78, 5) is 0. The molecule has 2 aromatic carbocycles. The zero-order valence-corrected chi connectivity index (χ0v) is 9.54. The summed E-state index contributed by atoms with van der Waals surface area (Å²) in [5, 5.41) is 3.36. The van der Waals surface area contributed by atoms with Crippen molar-refractivity contribution in [2.45, 2.75) is 12.8 Å². The first-order chi connectivity index (χ1) is 8.31. The highest BCUT2D eigenvalue weighted by Gasteiger charge is 2.09. The summed E-state index contributed by atoms with van der Waals surface area (Å²) in [6.07, 6.45) is 1.89. The molecule has 1 aliphatic heterocycles. The molecule has 0 saturated heterocycles. The van der Waals surface area contributed by atoms with Crippen molar-refractivity contribution < 1.29 is 4.39 Å². The monoisotopic (exact) mass is 227 g/mol. The maximum atomic E-state index is 13.1. The molecule has 86 valence electrons. The number of hydrogen-bond acceptors (Lipinski definition) is 1. The lowest BCUT2D eigenvalue weighted by Gasteiger charge is -2.05. The minimum Gasteiger partial charge on any atom is -0.384 e. The largest absolute Gasteiger partial charge is 0.384 e. The van der Waals surface area contributed by atoms with Gasteiger partial charge in [0.1, 0.15) is 5.82 Å². The molecule has 0 aliphatic carbocycles. The summed E-state index contributed by atoms with van der Waals surface area (Å²) in [5.41, 5.74) is 4.86. The van der Waals surface area contributed by atoms with Gasteiger partial charge in [0.15, 0.2) is 0 Å². The van der Waals surface area contributed by atoms with E-state index in [1.54, 1.807) is 12.1 Å². The van der Waals surface area contributed by atoms with E-state index < -0.39 is 0 Å². The number of halogens is 1. The van der Waals surface area contributed by atoms with Crippen LogP contribution in [0.1, 0.15) is 16.7 Å². The lowest BCUT2D eigenvalue weighted by Crippen LogP contribution is -1.93. The summed E-state index contributed by atoms with van der Waals surface area (Å²) in [7, 11) is 0. The van der Waals surface area contributed by atoms with Gasteiger partial charge < -0.3 is 5.32 Å². The van der Waals surface area contributed by atoms with Crippen LogP contribution in [-0.4, -0.2) is 6.54 Å². The molecule has 0 saturated carbocycles.